The molecular weight excluding hydrogens is 430 g/mol. The molecule has 1 aromatic rings. The number of amides is 1. The third-order valence-corrected chi connectivity index (χ3v) is 5.47. The molecule has 2 aliphatic heterocycles. The first-order chi connectivity index (χ1) is 14.3. The Labute approximate surface area is 182 Å². The van der Waals surface area contributed by atoms with Crippen molar-refractivity contribution in [3.8, 4) is 17.2 Å². The largest absolute Gasteiger partial charge is 0.493 e. The van der Waals surface area contributed by atoms with E-state index in [4.69, 9.17) is 31.2 Å². The molecular formula is C20H17NO7S2. The maximum absolute atomic E-state index is 12.8. The van der Waals surface area contributed by atoms with Crippen molar-refractivity contribution >= 4 is 52.0 Å². The molecule has 30 heavy (non-hydrogen) atoms. The molecule has 0 N–H and O–H groups in total. The van der Waals surface area contributed by atoms with Crippen LogP contribution in [0, 0.1) is 0 Å². The minimum Gasteiger partial charge on any atom is -0.493 e. The Balaban J connectivity index is 1.95. The molecule has 0 aromatic heterocycles. The molecule has 1 aromatic carbocycles. The van der Waals surface area contributed by atoms with E-state index < -0.39 is 17.7 Å². The van der Waals surface area contributed by atoms with Crippen LogP contribution in [0.3, 0.4) is 0 Å². The molecule has 0 unspecified atom stereocenters. The predicted octanol–water partition coefficient (Wildman–Crippen LogP) is 2.83. The molecule has 2 aliphatic rings. The van der Waals surface area contributed by atoms with Crippen LogP contribution >= 0.6 is 24.0 Å². The van der Waals surface area contributed by atoms with Gasteiger partial charge in [-0.1, -0.05) is 24.0 Å². The Morgan fingerprint density at radius 2 is 1.70 bits per heavy atom. The molecule has 8 nitrogen and oxygen atoms in total. The lowest BCUT2D eigenvalue weighted by Crippen LogP contribution is -2.27. The Morgan fingerprint density at radius 3 is 2.23 bits per heavy atom. The van der Waals surface area contributed by atoms with Crippen LogP contribution in [0.25, 0.3) is 6.08 Å². The summed E-state index contributed by atoms with van der Waals surface area (Å²) in [5, 5.41) is 0. The van der Waals surface area contributed by atoms with Crippen LogP contribution in [0.15, 0.2) is 40.6 Å². The van der Waals surface area contributed by atoms with Gasteiger partial charge < -0.3 is 18.9 Å². The van der Waals surface area contributed by atoms with E-state index >= 15 is 0 Å². The summed E-state index contributed by atoms with van der Waals surface area (Å²) in [6.07, 6.45) is 3.89. The van der Waals surface area contributed by atoms with Crippen molar-refractivity contribution < 1.29 is 33.3 Å². The molecule has 156 valence electrons. The zero-order valence-corrected chi connectivity index (χ0v) is 18.1. The number of hydrogen-bond donors (Lipinski definition) is 0. The van der Waals surface area contributed by atoms with Gasteiger partial charge in [-0.2, -0.15) is 0 Å². The summed E-state index contributed by atoms with van der Waals surface area (Å²) in [6.45, 7) is 1.49. The van der Waals surface area contributed by atoms with Crippen LogP contribution in [0.2, 0.25) is 0 Å². The van der Waals surface area contributed by atoms with Crippen molar-refractivity contribution in [1.82, 2.24) is 4.90 Å². The van der Waals surface area contributed by atoms with Crippen LogP contribution < -0.4 is 14.2 Å². The number of nitrogens with zero attached hydrogens (tertiary/aromatic N) is 1. The highest BCUT2D eigenvalue weighted by atomic mass is 32.2. The average molecular weight is 447 g/mol. The molecule has 10 heteroatoms. The molecule has 0 spiro atoms. The Hall–Kier alpha value is -3.11. The van der Waals surface area contributed by atoms with Gasteiger partial charge in [0.25, 0.3) is 5.91 Å². The van der Waals surface area contributed by atoms with E-state index in [0.29, 0.717) is 27.7 Å². The molecule has 0 saturated carbocycles. The number of ether oxygens (including phenoxy) is 4. The fourth-order valence-electron chi connectivity index (χ4n) is 2.77. The van der Waals surface area contributed by atoms with Crippen molar-refractivity contribution in [3.63, 3.8) is 0 Å². The van der Waals surface area contributed by atoms with Crippen LogP contribution in [-0.4, -0.2) is 48.2 Å². The second kappa shape index (κ2) is 8.72. The van der Waals surface area contributed by atoms with Gasteiger partial charge in [-0.15, -0.1) is 0 Å². The predicted molar refractivity (Wildman–Crippen MR) is 114 cm³/mol. The highest BCUT2D eigenvalue weighted by Crippen LogP contribution is 2.40. The summed E-state index contributed by atoms with van der Waals surface area (Å²) >= 11 is 6.29. The molecule has 1 amide bonds. The summed E-state index contributed by atoms with van der Waals surface area (Å²) in [5.74, 6) is -0.383. The second-order valence-corrected chi connectivity index (χ2v) is 7.74. The number of methoxy groups -OCH3 is 3. The van der Waals surface area contributed by atoms with Crippen LogP contribution in [-0.2, 0) is 19.1 Å². The normalized spacial score (nSPS) is 19.3. The Morgan fingerprint density at radius 1 is 1.07 bits per heavy atom. The summed E-state index contributed by atoms with van der Waals surface area (Å²) in [6, 6.07) is 3.37. The number of rotatable bonds is 5. The van der Waals surface area contributed by atoms with Gasteiger partial charge in [-0.25, -0.2) is 4.79 Å². The number of ketones is 1. The summed E-state index contributed by atoms with van der Waals surface area (Å²) < 4.78 is 21.0. The molecule has 3 rings (SSSR count). The van der Waals surface area contributed by atoms with Crippen molar-refractivity contribution in [2.75, 3.05) is 21.3 Å². The number of cyclic esters (lactones) is 1. The van der Waals surface area contributed by atoms with E-state index in [1.807, 2.05) is 0 Å². The van der Waals surface area contributed by atoms with Gasteiger partial charge in [0, 0.05) is 12.3 Å². The smallest absolute Gasteiger partial charge is 0.348 e. The summed E-state index contributed by atoms with van der Waals surface area (Å²) in [5.41, 5.74) is 0.343. The van der Waals surface area contributed by atoms with Gasteiger partial charge in [-0.3, -0.25) is 14.5 Å². The fraction of sp³-hybridized carbons (Fsp3) is 0.200. The first kappa shape index (κ1) is 21.6. The lowest BCUT2D eigenvalue weighted by Gasteiger charge is -2.14. The highest BCUT2D eigenvalue weighted by Gasteiger charge is 2.34. The molecule has 0 radical (unpaired) electrons. The first-order valence-electron chi connectivity index (χ1n) is 8.52. The third kappa shape index (κ3) is 4.10. The minimum atomic E-state index is -0.831. The van der Waals surface area contributed by atoms with E-state index in [9.17, 15) is 14.4 Å². The Bertz CT molecular complexity index is 1030. The van der Waals surface area contributed by atoms with Crippen LogP contribution in [0.1, 0.15) is 12.5 Å². The van der Waals surface area contributed by atoms with E-state index in [1.54, 1.807) is 18.2 Å². The van der Waals surface area contributed by atoms with Gasteiger partial charge in [0.1, 0.15) is 11.3 Å². The number of benzene rings is 1. The second-order valence-electron chi connectivity index (χ2n) is 6.06. The zero-order chi connectivity index (χ0) is 22.0. The van der Waals surface area contributed by atoms with Crippen LogP contribution in [0.4, 0.5) is 0 Å². The molecule has 1 saturated heterocycles. The van der Waals surface area contributed by atoms with E-state index in [0.717, 1.165) is 22.9 Å². The topological polar surface area (TPSA) is 91.4 Å². The highest BCUT2D eigenvalue weighted by molar-refractivity contribution is 8.26. The van der Waals surface area contributed by atoms with Gasteiger partial charge >= 0.3 is 5.97 Å². The first-order valence-corrected chi connectivity index (χ1v) is 9.75. The van der Waals surface area contributed by atoms with E-state index in [-0.39, 0.29) is 15.7 Å². The molecule has 0 bridgehead atoms. The van der Waals surface area contributed by atoms with Gasteiger partial charge in [0.05, 0.1) is 26.2 Å². The average Bonchev–Trinajstić information content (AvgIpc) is 2.96. The maximum atomic E-state index is 12.8. The lowest BCUT2D eigenvalue weighted by atomic mass is 10.1. The zero-order valence-electron chi connectivity index (χ0n) is 16.5. The third-order valence-electron chi connectivity index (χ3n) is 4.14. The van der Waals surface area contributed by atoms with Crippen molar-refractivity contribution in [2.45, 2.75) is 6.92 Å². The number of carbonyl (C=O) groups excluding carboxylic acids is 3. The number of thiocarbonyl (C=S) groups is 1. The quantitative estimate of drug-likeness (QED) is 0.292. The van der Waals surface area contributed by atoms with Crippen molar-refractivity contribution in [1.29, 1.82) is 0 Å². The maximum Gasteiger partial charge on any atom is 0.348 e. The van der Waals surface area contributed by atoms with Gasteiger partial charge in [0.2, 0.25) is 5.75 Å². The Kier molecular flexibility index (Phi) is 6.28. The van der Waals surface area contributed by atoms with Gasteiger partial charge in [0.15, 0.2) is 21.6 Å². The molecule has 0 aliphatic carbocycles. The number of thioether (sulfide) groups is 1. The SMILES string of the molecule is COc1cc(/C=C2/SC(=S)N(/C=C3\C(=O)C=C(C)OC3=O)C2=O)cc(OC)c1OC. The number of allylic oxidation sites excluding steroid dienone is 2. The van der Waals surface area contributed by atoms with E-state index in [2.05, 4.69) is 0 Å². The van der Waals surface area contributed by atoms with E-state index in [1.165, 1.54) is 34.3 Å². The summed E-state index contributed by atoms with van der Waals surface area (Å²) in [7, 11) is 4.47. The summed E-state index contributed by atoms with van der Waals surface area (Å²) in [4.78, 5) is 38.3. The monoisotopic (exact) mass is 447 g/mol. The van der Waals surface area contributed by atoms with Gasteiger partial charge in [-0.05, 0) is 30.7 Å². The molecule has 0 atom stereocenters. The minimum absolute atomic E-state index is 0.179. The number of carbonyl (C=O) groups is 3. The standard InChI is InChI=1S/C20H17NO7S2/c1-10-5-13(22)12(19(24)28-10)9-21-18(23)16(30-20(21)29)8-11-6-14(25-2)17(27-4)15(7-11)26-3/h5-9H,1-4H3/b12-9+,16-8+. The van der Waals surface area contributed by atoms with Crippen LogP contribution in [0.5, 0.6) is 17.2 Å². The number of hydrogen-bond acceptors (Lipinski definition) is 9. The molecule has 1 fully saturated rings. The number of esters is 1. The fourth-order valence-corrected chi connectivity index (χ4v) is 3.97. The lowest BCUT2D eigenvalue weighted by molar-refractivity contribution is -0.137. The molecule has 2 heterocycles. The van der Waals surface area contributed by atoms with Crippen molar-refractivity contribution in [3.05, 3.63) is 46.2 Å². The van der Waals surface area contributed by atoms with Crippen molar-refractivity contribution in [2.24, 2.45) is 0 Å².